The number of nitrogens with zero attached hydrogens (tertiary/aromatic N) is 2. The maximum atomic E-state index is 4.70. The van der Waals surface area contributed by atoms with Crippen molar-refractivity contribution in [1.29, 1.82) is 0 Å². The first-order chi connectivity index (χ1) is 13.8. The summed E-state index contributed by atoms with van der Waals surface area (Å²) in [6.45, 7) is 34.8. The standard InChI is InChI=1S/C29H48N2/c1-16-21(2)22(3)17-25(18-23(4)27(6,7)8)31(15)20-30-19-26(29(12,13)14)24(5)28(9,10)11/h16-20H,4-5H2,1-3,6-15H3/b21-16+,22-17+,25-18+,26-19+,30-20?. The molecule has 0 aromatic rings. The van der Waals surface area contributed by atoms with Crippen LogP contribution in [-0.2, 0) is 0 Å². The predicted molar refractivity (Wildman–Crippen MR) is 142 cm³/mol. The van der Waals surface area contributed by atoms with Gasteiger partial charge in [0.15, 0.2) is 0 Å². The summed E-state index contributed by atoms with van der Waals surface area (Å²) in [4.78, 5) is 6.75. The summed E-state index contributed by atoms with van der Waals surface area (Å²) in [6.07, 6.45) is 10.3. The Balaban J connectivity index is 6.23. The van der Waals surface area contributed by atoms with Crippen molar-refractivity contribution in [2.24, 2.45) is 21.2 Å². The molecule has 0 fully saturated rings. The van der Waals surface area contributed by atoms with E-state index >= 15 is 0 Å². The van der Waals surface area contributed by atoms with Crippen molar-refractivity contribution < 1.29 is 0 Å². The van der Waals surface area contributed by atoms with Crippen LogP contribution in [0.4, 0.5) is 0 Å². The van der Waals surface area contributed by atoms with Crippen LogP contribution < -0.4 is 0 Å². The molecule has 0 atom stereocenters. The van der Waals surface area contributed by atoms with E-state index in [1.54, 1.807) is 0 Å². The molecule has 0 aliphatic heterocycles. The van der Waals surface area contributed by atoms with Crippen molar-refractivity contribution in [2.45, 2.75) is 83.1 Å². The van der Waals surface area contributed by atoms with Crippen molar-refractivity contribution in [1.82, 2.24) is 4.90 Å². The molecule has 0 aromatic carbocycles. The van der Waals surface area contributed by atoms with Crippen molar-refractivity contribution in [3.63, 3.8) is 0 Å². The van der Waals surface area contributed by atoms with Gasteiger partial charge in [-0.1, -0.05) is 87.1 Å². The molecule has 0 saturated heterocycles. The molecule has 0 aromatic heterocycles. The Hall–Kier alpha value is -2.09. The van der Waals surface area contributed by atoms with Crippen LogP contribution in [-0.4, -0.2) is 18.3 Å². The van der Waals surface area contributed by atoms with Gasteiger partial charge in [0.2, 0.25) is 0 Å². The van der Waals surface area contributed by atoms with E-state index in [1.807, 2.05) is 19.6 Å². The summed E-state index contributed by atoms with van der Waals surface area (Å²) in [5.41, 5.74) is 6.89. The van der Waals surface area contributed by atoms with E-state index < -0.39 is 0 Å². The Morgan fingerprint density at radius 1 is 0.774 bits per heavy atom. The van der Waals surface area contributed by atoms with E-state index in [1.165, 1.54) is 16.7 Å². The molecule has 0 radical (unpaired) electrons. The SMILES string of the molecule is C=C(\C=C(/C=C(C)/C(C)=C/C)N(C)C=N/C=C(\C(=C)C(C)(C)C)C(C)(C)C)C(C)(C)C. The first-order valence-electron chi connectivity index (χ1n) is 11.2. The lowest BCUT2D eigenvalue weighted by Gasteiger charge is -2.31. The molecular weight excluding hydrogens is 376 g/mol. The second-order valence-electron chi connectivity index (χ2n) is 11.5. The number of hydrogen-bond donors (Lipinski definition) is 0. The smallest absolute Gasteiger partial charge is 0.0946 e. The summed E-state index contributed by atoms with van der Waals surface area (Å²) >= 11 is 0. The number of rotatable bonds is 7. The molecule has 0 aliphatic carbocycles. The Morgan fingerprint density at radius 3 is 1.68 bits per heavy atom. The van der Waals surface area contributed by atoms with Gasteiger partial charge in [0.25, 0.3) is 0 Å². The second-order valence-corrected chi connectivity index (χ2v) is 11.5. The van der Waals surface area contributed by atoms with Gasteiger partial charge < -0.3 is 4.90 Å². The maximum Gasteiger partial charge on any atom is 0.0946 e. The minimum absolute atomic E-state index is 0.0000871. The van der Waals surface area contributed by atoms with E-state index in [9.17, 15) is 0 Å². The first-order valence-corrected chi connectivity index (χ1v) is 11.2. The molecule has 0 rings (SSSR count). The summed E-state index contributed by atoms with van der Waals surface area (Å²) in [5.74, 6) is 0. The van der Waals surface area contributed by atoms with Crippen LogP contribution in [0.15, 0.2) is 76.1 Å². The highest BCUT2D eigenvalue weighted by Crippen LogP contribution is 2.39. The van der Waals surface area contributed by atoms with Crippen LogP contribution in [0, 0.1) is 16.2 Å². The molecule has 0 amide bonds. The van der Waals surface area contributed by atoms with E-state index in [2.05, 4.69) is 119 Å². The topological polar surface area (TPSA) is 15.6 Å². The van der Waals surface area contributed by atoms with E-state index in [0.29, 0.717) is 0 Å². The Kier molecular flexibility index (Phi) is 10.2. The molecule has 0 saturated carbocycles. The summed E-state index contributed by atoms with van der Waals surface area (Å²) in [6, 6.07) is 0. The molecule has 0 heterocycles. The normalized spacial score (nSPS) is 15.5. The first kappa shape index (κ1) is 28.9. The lowest BCUT2D eigenvalue weighted by Crippen LogP contribution is -2.20. The highest BCUT2D eigenvalue weighted by atomic mass is 15.1. The maximum absolute atomic E-state index is 4.70. The highest BCUT2D eigenvalue weighted by molar-refractivity contribution is 5.61. The third-order valence-electron chi connectivity index (χ3n) is 5.59. The molecule has 0 N–H and O–H groups in total. The summed E-state index contributed by atoms with van der Waals surface area (Å²) < 4.78 is 0. The van der Waals surface area contributed by atoms with Gasteiger partial charge in [0.05, 0.1) is 6.34 Å². The van der Waals surface area contributed by atoms with Gasteiger partial charge in [-0.05, 0) is 71.5 Å². The number of aliphatic imine (C=N–C) groups is 1. The molecule has 2 heteroatoms. The van der Waals surface area contributed by atoms with Gasteiger partial charge in [-0.15, -0.1) is 0 Å². The number of allylic oxidation sites excluding steroid dienone is 8. The zero-order valence-electron chi connectivity index (χ0n) is 22.7. The summed E-state index contributed by atoms with van der Waals surface area (Å²) in [5, 5.41) is 0. The Labute approximate surface area is 193 Å². The zero-order valence-corrected chi connectivity index (χ0v) is 22.7. The van der Waals surface area contributed by atoms with Gasteiger partial charge in [-0.3, -0.25) is 0 Å². The van der Waals surface area contributed by atoms with Gasteiger partial charge in [-0.25, -0.2) is 4.99 Å². The predicted octanol–water partition coefficient (Wildman–Crippen LogP) is 8.88. The van der Waals surface area contributed by atoms with Crippen LogP contribution in [0.3, 0.4) is 0 Å². The number of likely N-dealkylation sites (N-methyl/N-ethyl adjacent to an activating group) is 1. The monoisotopic (exact) mass is 424 g/mol. The third-order valence-corrected chi connectivity index (χ3v) is 5.59. The van der Waals surface area contributed by atoms with Crippen molar-refractivity contribution in [2.75, 3.05) is 7.05 Å². The lowest BCUT2D eigenvalue weighted by molar-refractivity contribution is 0.446. The molecule has 174 valence electrons. The fourth-order valence-corrected chi connectivity index (χ4v) is 2.61. The fraction of sp³-hybridized carbons (Fsp3) is 0.552. The molecule has 2 nitrogen and oxygen atoms in total. The van der Waals surface area contributed by atoms with Gasteiger partial charge in [0.1, 0.15) is 0 Å². The molecule has 0 bridgehead atoms. The average molecular weight is 425 g/mol. The zero-order chi connectivity index (χ0) is 24.8. The third kappa shape index (κ3) is 9.72. The molecular formula is C29H48N2. The second kappa shape index (κ2) is 11.0. The van der Waals surface area contributed by atoms with Crippen LogP contribution in [0.2, 0.25) is 0 Å². The lowest BCUT2D eigenvalue weighted by atomic mass is 9.74. The minimum Gasteiger partial charge on any atom is -0.336 e. The fourth-order valence-electron chi connectivity index (χ4n) is 2.61. The van der Waals surface area contributed by atoms with Crippen molar-refractivity contribution in [3.05, 3.63) is 71.1 Å². The number of hydrogen-bond acceptors (Lipinski definition) is 1. The minimum atomic E-state index is -0.0288. The van der Waals surface area contributed by atoms with E-state index in [0.717, 1.165) is 16.8 Å². The van der Waals surface area contributed by atoms with Crippen LogP contribution in [0.25, 0.3) is 0 Å². The van der Waals surface area contributed by atoms with E-state index in [-0.39, 0.29) is 16.2 Å². The Morgan fingerprint density at radius 2 is 1.29 bits per heavy atom. The van der Waals surface area contributed by atoms with Crippen LogP contribution >= 0.6 is 0 Å². The van der Waals surface area contributed by atoms with Crippen molar-refractivity contribution in [3.8, 4) is 0 Å². The van der Waals surface area contributed by atoms with Crippen LogP contribution in [0.1, 0.15) is 83.1 Å². The van der Waals surface area contributed by atoms with Gasteiger partial charge in [-0.2, -0.15) is 0 Å². The molecule has 0 spiro atoms. The van der Waals surface area contributed by atoms with E-state index in [4.69, 9.17) is 4.99 Å². The molecule has 31 heavy (non-hydrogen) atoms. The summed E-state index contributed by atoms with van der Waals surface area (Å²) in [7, 11) is 2.03. The largest absolute Gasteiger partial charge is 0.336 e. The molecule has 0 aliphatic rings. The molecule has 0 unspecified atom stereocenters. The van der Waals surface area contributed by atoms with Gasteiger partial charge >= 0.3 is 0 Å². The Bertz CT molecular complexity index is 804. The van der Waals surface area contributed by atoms with Gasteiger partial charge in [0, 0.05) is 18.9 Å². The van der Waals surface area contributed by atoms with Crippen LogP contribution in [0.5, 0.6) is 0 Å². The average Bonchev–Trinajstić information content (AvgIpc) is 2.60. The van der Waals surface area contributed by atoms with Crippen molar-refractivity contribution >= 4 is 6.34 Å². The quantitative estimate of drug-likeness (QED) is 0.226. The highest BCUT2D eigenvalue weighted by Gasteiger charge is 2.26.